The number of nitrogens with zero attached hydrogens (tertiary/aromatic N) is 2. The lowest BCUT2D eigenvalue weighted by Crippen LogP contribution is -2.19. The highest BCUT2D eigenvalue weighted by molar-refractivity contribution is 6.31. The fourth-order valence-corrected chi connectivity index (χ4v) is 2.85. The van der Waals surface area contributed by atoms with Gasteiger partial charge in [-0.25, -0.2) is 9.97 Å². The van der Waals surface area contributed by atoms with Crippen LogP contribution >= 0.6 is 11.6 Å². The Morgan fingerprint density at radius 1 is 1.26 bits per heavy atom. The lowest BCUT2D eigenvalue weighted by Gasteiger charge is -2.12. The van der Waals surface area contributed by atoms with Crippen LogP contribution in [0.1, 0.15) is 41.7 Å². The van der Waals surface area contributed by atoms with E-state index < -0.39 is 0 Å². The molecule has 1 amide bonds. The van der Waals surface area contributed by atoms with Gasteiger partial charge >= 0.3 is 0 Å². The summed E-state index contributed by atoms with van der Waals surface area (Å²) in [5.41, 5.74) is 1.95. The molecule has 2 N–H and O–H groups in total. The van der Waals surface area contributed by atoms with E-state index in [2.05, 4.69) is 20.6 Å². The molecule has 1 aliphatic rings. The number of hydrogen-bond acceptors (Lipinski definition) is 4. The zero-order chi connectivity index (χ0) is 16.2. The Balaban J connectivity index is 1.70. The Morgan fingerprint density at radius 2 is 2.04 bits per heavy atom. The fourth-order valence-electron chi connectivity index (χ4n) is 2.67. The predicted octanol–water partition coefficient (Wildman–Crippen LogP) is 4.05. The second-order valence-corrected chi connectivity index (χ2v) is 6.22. The van der Waals surface area contributed by atoms with E-state index in [1.54, 1.807) is 18.3 Å². The van der Waals surface area contributed by atoms with Gasteiger partial charge < -0.3 is 10.6 Å². The Bertz CT molecular complexity index is 713. The molecule has 1 aromatic heterocycles. The Hall–Kier alpha value is -2.14. The van der Waals surface area contributed by atoms with Crippen LogP contribution in [0.5, 0.6) is 0 Å². The average molecular weight is 331 g/mol. The standard InChI is InChI=1S/C17H19ClN4O/c1-11-6-7-13(10-14(11)18)20-16(23)15-8-9-19-17(22-15)21-12-4-2-3-5-12/h6-10,12H,2-5H2,1H3,(H,20,23)(H,19,21,22). The molecule has 2 aromatic rings. The number of carbonyl (C=O) groups is 1. The van der Waals surface area contributed by atoms with E-state index in [0.29, 0.717) is 28.4 Å². The monoisotopic (exact) mass is 330 g/mol. The smallest absolute Gasteiger partial charge is 0.274 e. The number of amides is 1. The van der Waals surface area contributed by atoms with Gasteiger partial charge in [-0.15, -0.1) is 0 Å². The van der Waals surface area contributed by atoms with Gasteiger partial charge in [0.2, 0.25) is 5.95 Å². The number of halogens is 1. The zero-order valence-corrected chi connectivity index (χ0v) is 13.7. The molecule has 1 fully saturated rings. The van der Waals surface area contributed by atoms with Gasteiger partial charge in [0.1, 0.15) is 5.69 Å². The van der Waals surface area contributed by atoms with Crippen LogP contribution in [0.2, 0.25) is 5.02 Å². The van der Waals surface area contributed by atoms with Crippen LogP contribution in [-0.4, -0.2) is 21.9 Å². The molecule has 0 unspecified atom stereocenters. The molecule has 0 saturated heterocycles. The minimum absolute atomic E-state index is 0.276. The highest BCUT2D eigenvalue weighted by Crippen LogP contribution is 2.22. The highest BCUT2D eigenvalue weighted by Gasteiger charge is 2.16. The number of anilines is 2. The number of rotatable bonds is 4. The van der Waals surface area contributed by atoms with Crippen LogP contribution in [0.3, 0.4) is 0 Å². The van der Waals surface area contributed by atoms with Crippen molar-refractivity contribution in [2.45, 2.75) is 38.6 Å². The largest absolute Gasteiger partial charge is 0.351 e. The third-order valence-corrected chi connectivity index (χ3v) is 4.41. The summed E-state index contributed by atoms with van der Waals surface area (Å²) in [5.74, 6) is 0.230. The van der Waals surface area contributed by atoms with Gasteiger partial charge in [0, 0.05) is 22.9 Å². The number of aromatic nitrogens is 2. The molecule has 1 aromatic carbocycles. The first kappa shape index (κ1) is 15.7. The maximum Gasteiger partial charge on any atom is 0.274 e. The lowest BCUT2D eigenvalue weighted by molar-refractivity contribution is 0.102. The topological polar surface area (TPSA) is 66.9 Å². The predicted molar refractivity (Wildman–Crippen MR) is 92.1 cm³/mol. The van der Waals surface area contributed by atoms with Crippen molar-refractivity contribution < 1.29 is 4.79 Å². The molecule has 5 nitrogen and oxygen atoms in total. The van der Waals surface area contributed by atoms with Crippen LogP contribution in [0.25, 0.3) is 0 Å². The molecule has 6 heteroatoms. The number of carbonyl (C=O) groups excluding carboxylic acids is 1. The van der Waals surface area contributed by atoms with Gasteiger partial charge in [0.15, 0.2) is 0 Å². The molecule has 0 bridgehead atoms. The summed E-state index contributed by atoms with van der Waals surface area (Å²) in [5, 5.41) is 6.72. The van der Waals surface area contributed by atoms with Crippen molar-refractivity contribution in [1.29, 1.82) is 0 Å². The SMILES string of the molecule is Cc1ccc(NC(=O)c2ccnc(NC3CCCC3)n2)cc1Cl. The van der Waals surface area contributed by atoms with Gasteiger partial charge in [0.25, 0.3) is 5.91 Å². The number of aryl methyl sites for hydroxylation is 1. The molecule has 23 heavy (non-hydrogen) atoms. The van der Waals surface area contributed by atoms with Crippen molar-refractivity contribution in [2.24, 2.45) is 0 Å². The summed E-state index contributed by atoms with van der Waals surface area (Å²) in [6, 6.07) is 7.42. The van der Waals surface area contributed by atoms with E-state index in [1.807, 2.05) is 19.1 Å². The van der Waals surface area contributed by atoms with Crippen molar-refractivity contribution in [3.05, 3.63) is 46.7 Å². The van der Waals surface area contributed by atoms with E-state index in [-0.39, 0.29) is 5.91 Å². The van der Waals surface area contributed by atoms with Crippen LogP contribution in [0.4, 0.5) is 11.6 Å². The average Bonchev–Trinajstić information content (AvgIpc) is 3.04. The molecule has 0 atom stereocenters. The summed E-state index contributed by atoms with van der Waals surface area (Å²) in [6.45, 7) is 1.92. The molecular formula is C17H19ClN4O. The quantitative estimate of drug-likeness (QED) is 0.887. The van der Waals surface area contributed by atoms with E-state index in [9.17, 15) is 4.79 Å². The van der Waals surface area contributed by atoms with Crippen LogP contribution < -0.4 is 10.6 Å². The molecule has 1 saturated carbocycles. The second-order valence-electron chi connectivity index (χ2n) is 5.81. The van der Waals surface area contributed by atoms with Crippen molar-refractivity contribution in [1.82, 2.24) is 9.97 Å². The van der Waals surface area contributed by atoms with Crippen LogP contribution in [-0.2, 0) is 0 Å². The van der Waals surface area contributed by atoms with E-state index in [4.69, 9.17) is 11.6 Å². The minimum atomic E-state index is -0.276. The summed E-state index contributed by atoms with van der Waals surface area (Å²) < 4.78 is 0. The van der Waals surface area contributed by atoms with Gasteiger partial charge in [-0.05, 0) is 43.5 Å². The first-order valence-corrected chi connectivity index (χ1v) is 8.17. The maximum atomic E-state index is 12.3. The minimum Gasteiger partial charge on any atom is -0.351 e. The third-order valence-electron chi connectivity index (χ3n) is 4.01. The summed E-state index contributed by atoms with van der Waals surface area (Å²) in [6.07, 6.45) is 6.31. The summed E-state index contributed by atoms with van der Waals surface area (Å²) in [7, 11) is 0. The molecule has 0 spiro atoms. The highest BCUT2D eigenvalue weighted by atomic mass is 35.5. The molecule has 0 aliphatic heterocycles. The van der Waals surface area contributed by atoms with E-state index in [1.165, 1.54) is 12.8 Å². The molecule has 3 rings (SSSR count). The van der Waals surface area contributed by atoms with Crippen LogP contribution in [0.15, 0.2) is 30.5 Å². The Labute approximate surface area is 140 Å². The van der Waals surface area contributed by atoms with Gasteiger partial charge in [0.05, 0.1) is 0 Å². The van der Waals surface area contributed by atoms with Gasteiger partial charge in [-0.3, -0.25) is 4.79 Å². The molecule has 1 aliphatic carbocycles. The van der Waals surface area contributed by atoms with Crippen LogP contribution in [0, 0.1) is 6.92 Å². The zero-order valence-electron chi connectivity index (χ0n) is 13.0. The van der Waals surface area contributed by atoms with E-state index in [0.717, 1.165) is 18.4 Å². The summed E-state index contributed by atoms with van der Waals surface area (Å²) >= 11 is 6.08. The second kappa shape index (κ2) is 6.96. The number of benzene rings is 1. The van der Waals surface area contributed by atoms with E-state index >= 15 is 0 Å². The fraction of sp³-hybridized carbons (Fsp3) is 0.353. The van der Waals surface area contributed by atoms with Crippen molar-refractivity contribution in [2.75, 3.05) is 10.6 Å². The Kier molecular flexibility index (Phi) is 4.76. The molecule has 120 valence electrons. The number of hydrogen-bond donors (Lipinski definition) is 2. The van der Waals surface area contributed by atoms with Gasteiger partial charge in [-0.1, -0.05) is 30.5 Å². The Morgan fingerprint density at radius 3 is 2.78 bits per heavy atom. The van der Waals surface area contributed by atoms with Crippen molar-refractivity contribution in [3.63, 3.8) is 0 Å². The lowest BCUT2D eigenvalue weighted by atomic mass is 10.2. The first-order valence-electron chi connectivity index (χ1n) is 7.79. The van der Waals surface area contributed by atoms with Crippen molar-refractivity contribution in [3.8, 4) is 0 Å². The summed E-state index contributed by atoms with van der Waals surface area (Å²) in [4.78, 5) is 20.8. The third kappa shape index (κ3) is 3.99. The van der Waals surface area contributed by atoms with Crippen molar-refractivity contribution >= 4 is 29.1 Å². The van der Waals surface area contributed by atoms with Gasteiger partial charge in [-0.2, -0.15) is 0 Å². The first-order chi connectivity index (χ1) is 11.1. The molecular weight excluding hydrogens is 312 g/mol. The number of nitrogens with one attached hydrogen (secondary N) is 2. The normalized spacial score (nSPS) is 14.7. The molecule has 1 heterocycles. The maximum absolute atomic E-state index is 12.3. The molecule has 0 radical (unpaired) electrons.